The Labute approximate surface area is 109 Å². The van der Waals surface area contributed by atoms with Crippen LogP contribution in [0.25, 0.3) is 10.8 Å². The monoisotopic (exact) mass is 259 g/mol. The zero-order chi connectivity index (χ0) is 13.7. The second-order valence-corrected chi connectivity index (χ2v) is 3.68. The van der Waals surface area contributed by atoms with Gasteiger partial charge in [0.15, 0.2) is 0 Å². The predicted molar refractivity (Wildman–Crippen MR) is 69.4 cm³/mol. The summed E-state index contributed by atoms with van der Waals surface area (Å²) in [4.78, 5) is 27.0. The lowest BCUT2D eigenvalue weighted by Crippen LogP contribution is -2.42. The first-order chi connectivity index (χ1) is 9.22. The lowest BCUT2D eigenvalue weighted by molar-refractivity contribution is 0.0909. The fourth-order valence-electron chi connectivity index (χ4n) is 1.63. The van der Waals surface area contributed by atoms with E-state index in [2.05, 4.69) is 20.6 Å². The standard InChI is InChI=1S/C13H13N3O3/c1-2-19-13(18)16-15-12(17)11-10-6-4-3-5-9(10)7-8-14-11/h3-8H,2H2,1H3,(H,15,17)(H,16,18). The van der Waals surface area contributed by atoms with E-state index < -0.39 is 12.0 Å². The van der Waals surface area contributed by atoms with Crippen molar-refractivity contribution in [2.24, 2.45) is 0 Å². The molecule has 0 saturated heterocycles. The molecule has 0 aliphatic heterocycles. The fraction of sp³-hybridized carbons (Fsp3) is 0.154. The minimum Gasteiger partial charge on any atom is -0.449 e. The summed E-state index contributed by atoms with van der Waals surface area (Å²) >= 11 is 0. The quantitative estimate of drug-likeness (QED) is 0.803. The number of nitrogens with zero attached hydrogens (tertiary/aromatic N) is 1. The Morgan fingerprint density at radius 1 is 1.21 bits per heavy atom. The van der Waals surface area contributed by atoms with Gasteiger partial charge >= 0.3 is 6.09 Å². The fourth-order valence-corrected chi connectivity index (χ4v) is 1.63. The third-order valence-electron chi connectivity index (χ3n) is 2.44. The minimum atomic E-state index is -0.712. The first-order valence-electron chi connectivity index (χ1n) is 5.79. The van der Waals surface area contributed by atoms with Gasteiger partial charge in [-0.1, -0.05) is 24.3 Å². The Kier molecular flexibility index (Phi) is 3.92. The Morgan fingerprint density at radius 2 is 2.00 bits per heavy atom. The van der Waals surface area contributed by atoms with Crippen LogP contribution < -0.4 is 10.9 Å². The number of hydrogen-bond donors (Lipinski definition) is 2. The number of hydrazine groups is 1. The van der Waals surface area contributed by atoms with Gasteiger partial charge in [0.1, 0.15) is 5.69 Å². The van der Waals surface area contributed by atoms with Gasteiger partial charge in [-0.25, -0.2) is 10.2 Å². The van der Waals surface area contributed by atoms with Crippen LogP contribution in [0, 0.1) is 0 Å². The molecule has 0 unspecified atom stereocenters. The smallest absolute Gasteiger partial charge is 0.426 e. The zero-order valence-electron chi connectivity index (χ0n) is 10.3. The van der Waals surface area contributed by atoms with Gasteiger partial charge in [-0.15, -0.1) is 0 Å². The molecular weight excluding hydrogens is 246 g/mol. The largest absolute Gasteiger partial charge is 0.449 e. The summed E-state index contributed by atoms with van der Waals surface area (Å²) in [5.74, 6) is -0.496. The summed E-state index contributed by atoms with van der Waals surface area (Å²) in [5, 5.41) is 1.62. The van der Waals surface area contributed by atoms with Gasteiger partial charge < -0.3 is 4.74 Å². The zero-order valence-corrected chi connectivity index (χ0v) is 10.3. The molecule has 0 aliphatic rings. The molecule has 1 aromatic carbocycles. The summed E-state index contributed by atoms with van der Waals surface area (Å²) in [6.45, 7) is 1.90. The van der Waals surface area contributed by atoms with Gasteiger partial charge in [0, 0.05) is 11.6 Å². The summed E-state index contributed by atoms with van der Waals surface area (Å²) in [5.41, 5.74) is 4.64. The maximum Gasteiger partial charge on any atom is 0.426 e. The van der Waals surface area contributed by atoms with E-state index >= 15 is 0 Å². The molecule has 0 spiro atoms. The number of rotatable bonds is 2. The van der Waals surface area contributed by atoms with Crippen LogP contribution in [-0.4, -0.2) is 23.6 Å². The molecule has 0 saturated carbocycles. The Balaban J connectivity index is 2.15. The van der Waals surface area contributed by atoms with Crippen LogP contribution in [0.1, 0.15) is 17.4 Å². The van der Waals surface area contributed by atoms with Crippen molar-refractivity contribution in [2.45, 2.75) is 6.92 Å². The second kappa shape index (κ2) is 5.81. The molecule has 98 valence electrons. The van der Waals surface area contributed by atoms with Gasteiger partial charge in [-0.05, 0) is 18.4 Å². The van der Waals surface area contributed by atoms with Crippen molar-refractivity contribution >= 4 is 22.8 Å². The molecule has 0 atom stereocenters. The lowest BCUT2D eigenvalue weighted by atomic mass is 10.1. The Hall–Kier alpha value is -2.63. The van der Waals surface area contributed by atoms with E-state index in [1.54, 1.807) is 19.2 Å². The van der Waals surface area contributed by atoms with Crippen molar-refractivity contribution in [3.8, 4) is 0 Å². The van der Waals surface area contributed by atoms with E-state index in [1.807, 2.05) is 24.3 Å². The lowest BCUT2D eigenvalue weighted by Gasteiger charge is -2.08. The molecule has 2 N–H and O–H groups in total. The normalized spacial score (nSPS) is 9.95. The highest BCUT2D eigenvalue weighted by atomic mass is 16.5. The van der Waals surface area contributed by atoms with Crippen LogP contribution in [-0.2, 0) is 4.74 Å². The third-order valence-corrected chi connectivity index (χ3v) is 2.44. The van der Waals surface area contributed by atoms with Crippen LogP contribution >= 0.6 is 0 Å². The topological polar surface area (TPSA) is 80.3 Å². The van der Waals surface area contributed by atoms with E-state index in [0.29, 0.717) is 5.39 Å². The number of benzene rings is 1. The number of fused-ring (bicyclic) bond motifs is 1. The number of aromatic nitrogens is 1. The SMILES string of the molecule is CCOC(=O)NNC(=O)c1nccc2ccccc12. The average Bonchev–Trinajstić information content (AvgIpc) is 2.44. The molecule has 6 nitrogen and oxygen atoms in total. The maximum atomic E-state index is 11.9. The highest BCUT2D eigenvalue weighted by Gasteiger charge is 2.12. The first-order valence-corrected chi connectivity index (χ1v) is 5.79. The first kappa shape index (κ1) is 12.8. The van der Waals surface area contributed by atoms with E-state index in [1.165, 1.54) is 0 Å². The van der Waals surface area contributed by atoms with Crippen molar-refractivity contribution in [3.05, 3.63) is 42.2 Å². The maximum absolute atomic E-state index is 11.9. The van der Waals surface area contributed by atoms with Crippen molar-refractivity contribution in [2.75, 3.05) is 6.61 Å². The van der Waals surface area contributed by atoms with Crippen LogP contribution in [0.15, 0.2) is 36.5 Å². The number of pyridine rings is 1. The van der Waals surface area contributed by atoms with Crippen LogP contribution in [0.3, 0.4) is 0 Å². The average molecular weight is 259 g/mol. The Bertz CT molecular complexity index is 608. The summed E-state index contributed by atoms with van der Waals surface area (Å²) in [6.07, 6.45) is 0.831. The Morgan fingerprint density at radius 3 is 2.79 bits per heavy atom. The minimum absolute atomic E-state index is 0.230. The highest BCUT2D eigenvalue weighted by molar-refractivity contribution is 6.05. The molecule has 2 amide bonds. The van der Waals surface area contributed by atoms with Crippen LogP contribution in [0.4, 0.5) is 4.79 Å². The van der Waals surface area contributed by atoms with Crippen molar-refractivity contribution in [1.82, 2.24) is 15.8 Å². The van der Waals surface area contributed by atoms with Gasteiger partial charge in [0.2, 0.25) is 0 Å². The number of carbonyl (C=O) groups is 2. The number of ether oxygens (including phenoxy) is 1. The third kappa shape index (κ3) is 2.98. The van der Waals surface area contributed by atoms with Gasteiger partial charge in [-0.3, -0.25) is 15.2 Å². The summed E-state index contributed by atoms with van der Waals surface area (Å²) in [7, 11) is 0. The molecule has 0 bridgehead atoms. The predicted octanol–water partition coefficient (Wildman–Crippen LogP) is 1.63. The molecule has 6 heteroatoms. The molecule has 0 aliphatic carbocycles. The van der Waals surface area contributed by atoms with Gasteiger partial charge in [-0.2, -0.15) is 0 Å². The molecule has 1 heterocycles. The van der Waals surface area contributed by atoms with Gasteiger partial charge in [0.05, 0.1) is 6.61 Å². The summed E-state index contributed by atoms with van der Waals surface area (Å²) in [6, 6.07) is 9.18. The van der Waals surface area contributed by atoms with E-state index in [9.17, 15) is 9.59 Å². The molecule has 0 radical (unpaired) electrons. The van der Waals surface area contributed by atoms with E-state index in [0.717, 1.165) is 5.39 Å². The number of carbonyl (C=O) groups excluding carboxylic acids is 2. The molecule has 2 rings (SSSR count). The van der Waals surface area contributed by atoms with Crippen LogP contribution in [0.2, 0.25) is 0 Å². The number of nitrogens with one attached hydrogen (secondary N) is 2. The summed E-state index contributed by atoms with van der Waals surface area (Å²) < 4.78 is 4.63. The molecule has 2 aromatic rings. The number of amides is 2. The van der Waals surface area contributed by atoms with Crippen molar-refractivity contribution < 1.29 is 14.3 Å². The van der Waals surface area contributed by atoms with Gasteiger partial charge in [0.25, 0.3) is 5.91 Å². The second-order valence-electron chi connectivity index (χ2n) is 3.68. The van der Waals surface area contributed by atoms with Crippen molar-refractivity contribution in [1.29, 1.82) is 0 Å². The molecular formula is C13H13N3O3. The van der Waals surface area contributed by atoms with Crippen molar-refractivity contribution in [3.63, 3.8) is 0 Å². The number of hydrogen-bond acceptors (Lipinski definition) is 4. The molecule has 0 fully saturated rings. The molecule has 1 aromatic heterocycles. The highest BCUT2D eigenvalue weighted by Crippen LogP contribution is 2.15. The van der Waals surface area contributed by atoms with E-state index in [-0.39, 0.29) is 12.3 Å². The van der Waals surface area contributed by atoms with E-state index in [4.69, 9.17) is 0 Å². The molecule has 19 heavy (non-hydrogen) atoms. The van der Waals surface area contributed by atoms with Crippen LogP contribution in [0.5, 0.6) is 0 Å².